The van der Waals surface area contributed by atoms with Crippen LogP contribution in [0.1, 0.15) is 49.9 Å². The lowest BCUT2D eigenvalue weighted by Gasteiger charge is -2.26. The third kappa shape index (κ3) is 3.59. The third-order valence-electron chi connectivity index (χ3n) is 3.01. The van der Waals surface area contributed by atoms with E-state index in [-0.39, 0.29) is 5.76 Å². The standard InChI is InChI=1S/C14H21NO4/c1-5-9-14(3,13(17)18-4)15-12(16)11-8-7-10(6-2)19-11/h7-8H,5-6,9H2,1-4H3,(H,15,16). The molecule has 1 atom stereocenters. The molecule has 19 heavy (non-hydrogen) atoms. The lowest BCUT2D eigenvalue weighted by molar-refractivity contribution is -0.147. The van der Waals surface area contributed by atoms with Crippen LogP contribution in [-0.4, -0.2) is 24.5 Å². The van der Waals surface area contributed by atoms with Crippen molar-refractivity contribution >= 4 is 11.9 Å². The Kier molecular flexibility index (Phi) is 5.15. The number of furan rings is 1. The molecule has 0 aliphatic carbocycles. The first-order chi connectivity index (χ1) is 8.96. The van der Waals surface area contributed by atoms with Gasteiger partial charge in [0.05, 0.1) is 7.11 Å². The summed E-state index contributed by atoms with van der Waals surface area (Å²) in [6.45, 7) is 5.54. The number of rotatable bonds is 6. The van der Waals surface area contributed by atoms with E-state index in [4.69, 9.17) is 9.15 Å². The first-order valence-electron chi connectivity index (χ1n) is 6.46. The average molecular weight is 267 g/mol. The van der Waals surface area contributed by atoms with E-state index >= 15 is 0 Å². The van der Waals surface area contributed by atoms with Gasteiger partial charge in [0.25, 0.3) is 5.91 Å². The van der Waals surface area contributed by atoms with Crippen molar-refractivity contribution in [2.45, 2.75) is 45.6 Å². The smallest absolute Gasteiger partial charge is 0.331 e. The molecular formula is C14H21NO4. The quantitative estimate of drug-likeness (QED) is 0.803. The highest BCUT2D eigenvalue weighted by Gasteiger charge is 2.35. The molecule has 1 amide bonds. The van der Waals surface area contributed by atoms with Gasteiger partial charge in [-0.25, -0.2) is 4.79 Å². The van der Waals surface area contributed by atoms with E-state index in [1.807, 2.05) is 13.8 Å². The number of hydrogen-bond acceptors (Lipinski definition) is 4. The molecule has 5 heteroatoms. The molecule has 0 radical (unpaired) electrons. The van der Waals surface area contributed by atoms with E-state index < -0.39 is 17.4 Å². The van der Waals surface area contributed by atoms with Gasteiger partial charge in [-0.05, 0) is 25.5 Å². The van der Waals surface area contributed by atoms with Gasteiger partial charge in [-0.3, -0.25) is 4.79 Å². The zero-order chi connectivity index (χ0) is 14.5. The molecule has 1 aromatic rings. The van der Waals surface area contributed by atoms with Crippen molar-refractivity contribution in [3.8, 4) is 0 Å². The third-order valence-corrected chi connectivity index (χ3v) is 3.01. The van der Waals surface area contributed by atoms with Gasteiger partial charge >= 0.3 is 5.97 Å². The van der Waals surface area contributed by atoms with Crippen LogP contribution in [0.4, 0.5) is 0 Å². The molecule has 106 valence electrons. The van der Waals surface area contributed by atoms with Crippen LogP contribution >= 0.6 is 0 Å². The molecule has 1 unspecified atom stereocenters. The topological polar surface area (TPSA) is 68.5 Å². The highest BCUT2D eigenvalue weighted by atomic mass is 16.5. The van der Waals surface area contributed by atoms with Gasteiger partial charge in [-0.1, -0.05) is 20.3 Å². The van der Waals surface area contributed by atoms with Crippen LogP contribution in [0.25, 0.3) is 0 Å². The van der Waals surface area contributed by atoms with E-state index in [2.05, 4.69) is 5.32 Å². The highest BCUT2D eigenvalue weighted by molar-refractivity contribution is 5.96. The van der Waals surface area contributed by atoms with E-state index in [9.17, 15) is 9.59 Å². The fourth-order valence-electron chi connectivity index (χ4n) is 1.94. The molecule has 1 aromatic heterocycles. The maximum Gasteiger partial charge on any atom is 0.331 e. The summed E-state index contributed by atoms with van der Waals surface area (Å²) in [7, 11) is 1.31. The Morgan fingerprint density at radius 2 is 2.05 bits per heavy atom. The molecule has 0 spiro atoms. The summed E-state index contributed by atoms with van der Waals surface area (Å²) < 4.78 is 10.1. The number of amides is 1. The Morgan fingerprint density at radius 3 is 2.53 bits per heavy atom. The van der Waals surface area contributed by atoms with Crippen molar-refractivity contribution in [1.29, 1.82) is 0 Å². The van der Waals surface area contributed by atoms with Crippen molar-refractivity contribution in [3.05, 3.63) is 23.7 Å². The van der Waals surface area contributed by atoms with Gasteiger partial charge in [0.1, 0.15) is 11.3 Å². The van der Waals surface area contributed by atoms with Gasteiger partial charge in [0.2, 0.25) is 0 Å². The van der Waals surface area contributed by atoms with Crippen molar-refractivity contribution in [2.75, 3.05) is 7.11 Å². The van der Waals surface area contributed by atoms with Crippen molar-refractivity contribution < 1.29 is 18.7 Å². The van der Waals surface area contributed by atoms with Gasteiger partial charge < -0.3 is 14.5 Å². The molecular weight excluding hydrogens is 246 g/mol. The molecule has 0 aliphatic rings. The Hall–Kier alpha value is -1.78. The van der Waals surface area contributed by atoms with Gasteiger partial charge in [0.15, 0.2) is 5.76 Å². The summed E-state index contributed by atoms with van der Waals surface area (Å²) in [6.07, 6.45) is 1.98. The van der Waals surface area contributed by atoms with Crippen molar-refractivity contribution in [2.24, 2.45) is 0 Å². The van der Waals surface area contributed by atoms with E-state index in [0.717, 1.165) is 18.6 Å². The summed E-state index contributed by atoms with van der Waals surface area (Å²) in [5, 5.41) is 2.69. The van der Waals surface area contributed by atoms with Crippen LogP contribution in [0.2, 0.25) is 0 Å². The number of nitrogens with one attached hydrogen (secondary N) is 1. The van der Waals surface area contributed by atoms with Crippen LogP contribution in [0.3, 0.4) is 0 Å². The second-order valence-corrected chi connectivity index (χ2v) is 4.65. The fraction of sp³-hybridized carbons (Fsp3) is 0.571. The maximum absolute atomic E-state index is 12.1. The van der Waals surface area contributed by atoms with Crippen molar-refractivity contribution in [1.82, 2.24) is 5.32 Å². The summed E-state index contributed by atoms with van der Waals surface area (Å²) in [4.78, 5) is 23.9. The molecule has 1 heterocycles. The van der Waals surface area contributed by atoms with Crippen LogP contribution in [0.5, 0.6) is 0 Å². The zero-order valence-corrected chi connectivity index (χ0v) is 11.9. The Bertz CT molecular complexity index is 452. The van der Waals surface area contributed by atoms with Crippen LogP contribution < -0.4 is 5.32 Å². The largest absolute Gasteiger partial charge is 0.467 e. The van der Waals surface area contributed by atoms with E-state index in [0.29, 0.717) is 6.42 Å². The minimum absolute atomic E-state index is 0.211. The predicted molar refractivity (Wildman–Crippen MR) is 70.9 cm³/mol. The number of aryl methyl sites for hydroxylation is 1. The molecule has 1 rings (SSSR count). The summed E-state index contributed by atoms with van der Waals surface area (Å²) >= 11 is 0. The minimum Gasteiger partial charge on any atom is -0.467 e. The van der Waals surface area contributed by atoms with Crippen molar-refractivity contribution in [3.63, 3.8) is 0 Å². The Balaban J connectivity index is 2.84. The molecule has 0 aromatic carbocycles. The first kappa shape index (κ1) is 15.3. The molecule has 0 bridgehead atoms. The number of ether oxygens (including phenoxy) is 1. The van der Waals surface area contributed by atoms with Crippen LogP contribution in [0.15, 0.2) is 16.5 Å². The highest BCUT2D eigenvalue weighted by Crippen LogP contribution is 2.16. The first-order valence-corrected chi connectivity index (χ1v) is 6.46. The number of carbonyl (C=O) groups is 2. The summed E-state index contributed by atoms with van der Waals surface area (Å²) in [5.41, 5.74) is -1.03. The monoisotopic (exact) mass is 267 g/mol. The van der Waals surface area contributed by atoms with Crippen LogP contribution in [-0.2, 0) is 16.0 Å². The average Bonchev–Trinajstić information content (AvgIpc) is 2.86. The fourth-order valence-corrected chi connectivity index (χ4v) is 1.94. The Labute approximate surface area is 113 Å². The second kappa shape index (κ2) is 6.41. The minimum atomic E-state index is -1.03. The van der Waals surface area contributed by atoms with Gasteiger partial charge in [0, 0.05) is 6.42 Å². The molecule has 0 saturated heterocycles. The van der Waals surface area contributed by atoms with Gasteiger partial charge in [-0.2, -0.15) is 0 Å². The second-order valence-electron chi connectivity index (χ2n) is 4.65. The van der Waals surface area contributed by atoms with Gasteiger partial charge in [-0.15, -0.1) is 0 Å². The number of carbonyl (C=O) groups excluding carboxylic acids is 2. The summed E-state index contributed by atoms with van der Waals surface area (Å²) in [5.74, 6) is 0.0921. The normalized spacial score (nSPS) is 13.7. The van der Waals surface area contributed by atoms with Crippen LogP contribution in [0, 0.1) is 0 Å². The number of methoxy groups -OCH3 is 1. The molecule has 0 saturated carbocycles. The molecule has 1 N–H and O–H groups in total. The maximum atomic E-state index is 12.1. The van der Waals surface area contributed by atoms with E-state index in [1.54, 1.807) is 19.1 Å². The molecule has 5 nitrogen and oxygen atoms in total. The lowest BCUT2D eigenvalue weighted by Crippen LogP contribution is -2.52. The summed E-state index contributed by atoms with van der Waals surface area (Å²) in [6, 6.07) is 3.36. The predicted octanol–water partition coefficient (Wildman–Crippen LogP) is 2.30. The Morgan fingerprint density at radius 1 is 1.37 bits per heavy atom. The number of hydrogen-bond donors (Lipinski definition) is 1. The SMILES string of the molecule is CCCC(C)(NC(=O)c1ccc(CC)o1)C(=O)OC. The zero-order valence-electron chi connectivity index (χ0n) is 11.9. The molecule has 0 fully saturated rings. The number of esters is 1. The van der Waals surface area contributed by atoms with E-state index in [1.165, 1.54) is 7.11 Å². The lowest BCUT2D eigenvalue weighted by atomic mass is 9.96. The molecule has 0 aliphatic heterocycles.